The molecule has 12 heteroatoms. The number of nitrogens with zero attached hydrogens (tertiary/aromatic N) is 2. The van der Waals surface area contributed by atoms with Crippen molar-refractivity contribution in [2.45, 2.75) is 12.4 Å². The van der Waals surface area contributed by atoms with Gasteiger partial charge in [0.25, 0.3) is 5.88 Å². The lowest BCUT2D eigenvalue weighted by Gasteiger charge is -2.09. The van der Waals surface area contributed by atoms with Crippen LogP contribution in [-0.2, 0) is 14.9 Å². The van der Waals surface area contributed by atoms with Crippen LogP contribution in [0.2, 0.25) is 0 Å². The maximum Gasteiger partial charge on any atom is 0.534 e. The summed E-state index contributed by atoms with van der Waals surface area (Å²) in [5.41, 5.74) is -5.59. The third kappa shape index (κ3) is 4.02. The standard InChI is InChI=1S/C7H4BrF3N2O5S/c1-3(14)17-5-2-4(8)6(13-12-5)18-19(15,16)7(9,10)11/h2H,1H3. The number of hydrogen-bond donors (Lipinski definition) is 0. The Morgan fingerprint density at radius 1 is 1.37 bits per heavy atom. The van der Waals surface area contributed by atoms with Crippen molar-refractivity contribution >= 4 is 32.0 Å². The third-order valence-electron chi connectivity index (χ3n) is 1.41. The fraction of sp³-hybridized carbons (Fsp3) is 0.286. The van der Waals surface area contributed by atoms with Crippen LogP contribution in [0.4, 0.5) is 13.2 Å². The Kier molecular flexibility index (Phi) is 4.35. The molecular weight excluding hydrogens is 361 g/mol. The van der Waals surface area contributed by atoms with Gasteiger partial charge >= 0.3 is 21.6 Å². The normalized spacial score (nSPS) is 12.1. The molecule has 0 bridgehead atoms. The fourth-order valence-electron chi connectivity index (χ4n) is 0.746. The third-order valence-corrected chi connectivity index (χ3v) is 2.93. The molecule has 0 aliphatic rings. The Hall–Kier alpha value is -1.43. The van der Waals surface area contributed by atoms with E-state index in [1.54, 1.807) is 0 Å². The first kappa shape index (κ1) is 15.6. The van der Waals surface area contributed by atoms with E-state index in [9.17, 15) is 26.4 Å². The topological polar surface area (TPSA) is 95.5 Å². The minimum Gasteiger partial charge on any atom is -0.406 e. The van der Waals surface area contributed by atoms with Gasteiger partial charge in [0.1, 0.15) is 0 Å². The number of esters is 1. The molecule has 0 fully saturated rings. The second-order valence-corrected chi connectivity index (χ2v) is 5.30. The summed E-state index contributed by atoms with van der Waals surface area (Å²) in [6.07, 6.45) is 0. The van der Waals surface area contributed by atoms with Crippen LogP contribution in [0.5, 0.6) is 11.8 Å². The van der Waals surface area contributed by atoms with Crippen molar-refractivity contribution in [1.82, 2.24) is 10.2 Å². The molecule has 0 aliphatic heterocycles. The van der Waals surface area contributed by atoms with Crippen molar-refractivity contribution < 1.29 is 35.3 Å². The van der Waals surface area contributed by atoms with Gasteiger partial charge in [-0.3, -0.25) is 4.79 Å². The number of halogens is 4. The highest BCUT2D eigenvalue weighted by atomic mass is 79.9. The van der Waals surface area contributed by atoms with Gasteiger partial charge in [-0.05, 0) is 15.9 Å². The number of rotatable bonds is 3. The summed E-state index contributed by atoms with van der Waals surface area (Å²) in [4.78, 5) is 10.6. The average Bonchev–Trinajstić information content (AvgIpc) is 2.19. The minimum atomic E-state index is -5.85. The van der Waals surface area contributed by atoms with E-state index in [1.807, 2.05) is 0 Å². The molecule has 1 aromatic heterocycles. The van der Waals surface area contributed by atoms with Crippen LogP contribution in [0.3, 0.4) is 0 Å². The van der Waals surface area contributed by atoms with E-state index < -0.39 is 27.5 Å². The Labute approximate surface area is 113 Å². The molecule has 1 rings (SSSR count). The van der Waals surface area contributed by atoms with Gasteiger partial charge < -0.3 is 8.92 Å². The summed E-state index contributed by atoms with van der Waals surface area (Å²) in [7, 11) is -5.85. The van der Waals surface area contributed by atoms with E-state index in [0.717, 1.165) is 13.0 Å². The zero-order chi connectivity index (χ0) is 14.8. The van der Waals surface area contributed by atoms with Crippen molar-refractivity contribution in [3.63, 3.8) is 0 Å². The lowest BCUT2D eigenvalue weighted by molar-refractivity contribution is -0.132. The summed E-state index contributed by atoms with van der Waals surface area (Å²) in [6.45, 7) is 1.06. The summed E-state index contributed by atoms with van der Waals surface area (Å²) >= 11 is 2.71. The van der Waals surface area contributed by atoms with Gasteiger partial charge in [0.05, 0.1) is 4.47 Å². The molecule has 0 aromatic carbocycles. The van der Waals surface area contributed by atoms with Gasteiger partial charge in [-0.1, -0.05) is 0 Å². The Balaban J connectivity index is 3.02. The van der Waals surface area contributed by atoms with Crippen molar-refractivity contribution in [3.8, 4) is 11.8 Å². The average molecular weight is 365 g/mol. The van der Waals surface area contributed by atoms with Gasteiger partial charge in [-0.15, -0.1) is 10.2 Å². The first-order valence-electron chi connectivity index (χ1n) is 4.25. The number of alkyl halides is 3. The smallest absolute Gasteiger partial charge is 0.406 e. The Morgan fingerprint density at radius 2 is 1.95 bits per heavy atom. The van der Waals surface area contributed by atoms with Gasteiger partial charge in [0.2, 0.25) is 5.88 Å². The highest BCUT2D eigenvalue weighted by molar-refractivity contribution is 9.10. The van der Waals surface area contributed by atoms with E-state index in [2.05, 4.69) is 35.0 Å². The van der Waals surface area contributed by atoms with Crippen molar-refractivity contribution in [2.75, 3.05) is 0 Å². The van der Waals surface area contributed by atoms with Gasteiger partial charge in [-0.25, -0.2) is 0 Å². The predicted octanol–water partition coefficient (Wildman–Crippen LogP) is 1.39. The van der Waals surface area contributed by atoms with E-state index >= 15 is 0 Å². The van der Waals surface area contributed by atoms with E-state index in [-0.39, 0.29) is 10.4 Å². The van der Waals surface area contributed by atoms with Crippen LogP contribution in [-0.4, -0.2) is 30.1 Å². The van der Waals surface area contributed by atoms with Gasteiger partial charge in [0, 0.05) is 13.0 Å². The maximum absolute atomic E-state index is 12.1. The second kappa shape index (κ2) is 5.28. The summed E-state index contributed by atoms with van der Waals surface area (Å²) < 4.78 is 65.5. The summed E-state index contributed by atoms with van der Waals surface area (Å²) in [5.74, 6) is -2.01. The maximum atomic E-state index is 12.1. The van der Waals surface area contributed by atoms with E-state index in [4.69, 9.17) is 0 Å². The molecule has 0 radical (unpaired) electrons. The molecule has 0 spiro atoms. The van der Waals surface area contributed by atoms with Crippen LogP contribution < -0.4 is 8.92 Å². The molecule has 0 atom stereocenters. The quantitative estimate of drug-likeness (QED) is 0.454. The Morgan fingerprint density at radius 3 is 2.37 bits per heavy atom. The number of hydrogen-bond acceptors (Lipinski definition) is 7. The predicted molar refractivity (Wildman–Crippen MR) is 56.6 cm³/mol. The molecule has 0 amide bonds. The molecule has 0 unspecified atom stereocenters. The second-order valence-electron chi connectivity index (χ2n) is 2.91. The minimum absolute atomic E-state index is 0.286. The summed E-state index contributed by atoms with van der Waals surface area (Å²) in [5, 5.41) is 6.22. The monoisotopic (exact) mass is 364 g/mol. The first-order chi connectivity index (χ1) is 8.53. The molecule has 0 saturated carbocycles. The van der Waals surface area contributed by atoms with E-state index in [0.29, 0.717) is 0 Å². The SMILES string of the molecule is CC(=O)Oc1cc(Br)c(OS(=O)(=O)C(F)(F)F)nn1. The number of carbonyl (C=O) groups excluding carboxylic acids is 1. The van der Waals surface area contributed by atoms with Crippen molar-refractivity contribution in [1.29, 1.82) is 0 Å². The largest absolute Gasteiger partial charge is 0.534 e. The molecule has 19 heavy (non-hydrogen) atoms. The van der Waals surface area contributed by atoms with Crippen molar-refractivity contribution in [3.05, 3.63) is 10.5 Å². The lowest BCUT2D eigenvalue weighted by Crippen LogP contribution is -2.28. The molecule has 0 saturated heterocycles. The number of aromatic nitrogens is 2. The number of ether oxygens (including phenoxy) is 1. The van der Waals surface area contributed by atoms with Crippen molar-refractivity contribution in [2.24, 2.45) is 0 Å². The lowest BCUT2D eigenvalue weighted by atomic mass is 10.5. The first-order valence-corrected chi connectivity index (χ1v) is 6.45. The van der Waals surface area contributed by atoms with Gasteiger partial charge in [-0.2, -0.15) is 21.6 Å². The van der Waals surface area contributed by atoms with Crippen LogP contribution >= 0.6 is 15.9 Å². The van der Waals surface area contributed by atoms with Gasteiger partial charge in [0.15, 0.2) is 0 Å². The Bertz CT molecular complexity index is 603. The molecule has 7 nitrogen and oxygen atoms in total. The van der Waals surface area contributed by atoms with Crippen LogP contribution in [0.1, 0.15) is 6.92 Å². The highest BCUT2D eigenvalue weighted by Gasteiger charge is 2.49. The molecule has 106 valence electrons. The molecular formula is C7H4BrF3N2O5S. The van der Waals surface area contributed by atoms with E-state index in [1.165, 1.54) is 0 Å². The highest BCUT2D eigenvalue weighted by Crippen LogP contribution is 2.30. The van der Waals surface area contributed by atoms with Crippen LogP contribution in [0, 0.1) is 0 Å². The van der Waals surface area contributed by atoms with Crippen LogP contribution in [0.25, 0.3) is 0 Å². The molecule has 1 heterocycles. The fourth-order valence-corrected chi connectivity index (χ4v) is 1.63. The number of carbonyl (C=O) groups is 1. The zero-order valence-corrected chi connectivity index (χ0v) is 11.3. The summed E-state index contributed by atoms with van der Waals surface area (Å²) in [6, 6.07) is 0.926. The molecule has 0 N–H and O–H groups in total. The van der Waals surface area contributed by atoms with Crippen LogP contribution in [0.15, 0.2) is 10.5 Å². The molecule has 0 aliphatic carbocycles. The zero-order valence-electron chi connectivity index (χ0n) is 8.93. The molecule has 1 aromatic rings.